The van der Waals surface area contributed by atoms with Crippen molar-refractivity contribution in [3.8, 4) is 11.5 Å². The van der Waals surface area contributed by atoms with Crippen molar-refractivity contribution in [3.63, 3.8) is 0 Å². The number of aromatic hydroxyl groups is 2. The first-order valence-corrected chi connectivity index (χ1v) is 13.7. The molecule has 0 saturated heterocycles. The Hall–Kier alpha value is -0.670. The van der Waals surface area contributed by atoms with E-state index >= 15 is 0 Å². The van der Waals surface area contributed by atoms with E-state index in [9.17, 15) is 49.1 Å². The molecule has 0 unspecified atom stereocenters. The van der Waals surface area contributed by atoms with Crippen LogP contribution in [0.15, 0.2) is 79.5 Å². The number of fused-ring (bicyclic) bond motifs is 2. The zero-order valence-corrected chi connectivity index (χ0v) is 28.9. The van der Waals surface area contributed by atoms with Crippen LogP contribution in [0, 0.1) is 0 Å². The maximum absolute atomic E-state index is 11.7. The maximum atomic E-state index is 11.7. The first-order valence-electron chi connectivity index (χ1n) is 9.44. The van der Waals surface area contributed by atoms with Crippen LogP contribution in [-0.2, 0) is 30.4 Å². The van der Waals surface area contributed by atoms with Crippen LogP contribution in [0.25, 0.3) is 21.5 Å². The molecule has 0 aromatic heterocycles. The summed E-state index contributed by atoms with van der Waals surface area (Å²) in [5, 5.41) is 28.0. The van der Waals surface area contributed by atoms with E-state index in [0.717, 1.165) is 18.2 Å². The SMILES string of the molecule is O=S(=O)([O-])c1ccc2c(N=Nc3c(O)cc(S(=O)(=O)O)c4ccccc34)c(O)c(S(=O)(=O)[O-])cc2c1.[Na+].[Na+].[Na+]. The van der Waals surface area contributed by atoms with Crippen LogP contribution < -0.4 is 88.7 Å². The molecule has 0 saturated carbocycles. The average molecular weight is 621 g/mol. The molecule has 0 amide bonds. The van der Waals surface area contributed by atoms with Crippen molar-refractivity contribution in [2.24, 2.45) is 10.2 Å². The minimum Gasteiger partial charge on any atom is -0.744 e. The number of hydrogen-bond acceptors (Lipinski definition) is 12. The smallest absolute Gasteiger partial charge is 0.744 e. The van der Waals surface area contributed by atoms with E-state index in [4.69, 9.17) is 0 Å². The second-order valence-corrected chi connectivity index (χ2v) is 11.4. The van der Waals surface area contributed by atoms with Crippen LogP contribution in [0.1, 0.15) is 0 Å². The van der Waals surface area contributed by atoms with Crippen LogP contribution >= 0.6 is 0 Å². The van der Waals surface area contributed by atoms with Crippen molar-refractivity contribution in [1.82, 2.24) is 0 Å². The molecule has 39 heavy (non-hydrogen) atoms. The molecule has 0 aliphatic carbocycles. The molecule has 0 aliphatic rings. The summed E-state index contributed by atoms with van der Waals surface area (Å²) in [4.78, 5) is -2.56. The Kier molecular flexibility index (Phi) is 12.2. The first-order chi connectivity index (χ1) is 16.6. The van der Waals surface area contributed by atoms with Crippen molar-refractivity contribution < 1.29 is 138 Å². The van der Waals surface area contributed by atoms with E-state index in [0.29, 0.717) is 12.1 Å². The Morgan fingerprint density at radius 1 is 0.641 bits per heavy atom. The minimum absolute atomic E-state index is 0. The van der Waals surface area contributed by atoms with Gasteiger partial charge >= 0.3 is 88.7 Å². The van der Waals surface area contributed by atoms with Gasteiger partial charge in [-0.3, -0.25) is 4.55 Å². The molecule has 0 atom stereocenters. The van der Waals surface area contributed by atoms with Crippen molar-refractivity contribution in [3.05, 3.63) is 54.6 Å². The summed E-state index contributed by atoms with van der Waals surface area (Å²) in [6.07, 6.45) is 0. The summed E-state index contributed by atoms with van der Waals surface area (Å²) in [5.74, 6) is -1.90. The van der Waals surface area contributed by atoms with Gasteiger partial charge in [-0.15, -0.1) is 10.2 Å². The second-order valence-electron chi connectivity index (χ2n) is 7.33. The largest absolute Gasteiger partial charge is 1.00 e. The van der Waals surface area contributed by atoms with E-state index < -0.39 is 62.2 Å². The van der Waals surface area contributed by atoms with Crippen LogP contribution in [0.4, 0.5) is 11.4 Å². The standard InChI is InChI=1S/C20H14N2O11S3.3Na/c23-15-9-16(35(28,29)30)13-3-1-2-4-14(13)18(15)21-22-19-12-6-5-11(34(25,26)27)7-10(12)8-17(20(19)24)36(31,32)33;;;/h1-9,23-24H,(H,25,26,27)(H,28,29,30)(H,31,32,33);;;/q;3*+1/p-2. The monoisotopic (exact) mass is 621 g/mol. The van der Waals surface area contributed by atoms with E-state index in [1.54, 1.807) is 0 Å². The predicted molar refractivity (Wildman–Crippen MR) is 121 cm³/mol. The van der Waals surface area contributed by atoms with Gasteiger partial charge in [0, 0.05) is 22.2 Å². The summed E-state index contributed by atoms with van der Waals surface area (Å²) in [6, 6.07) is 9.56. The molecule has 3 N–H and O–H groups in total. The number of benzene rings is 4. The van der Waals surface area contributed by atoms with Crippen molar-refractivity contribution >= 4 is 63.3 Å². The third-order valence-corrected chi connectivity index (χ3v) is 7.64. The van der Waals surface area contributed by atoms with E-state index in [2.05, 4.69) is 10.2 Å². The maximum Gasteiger partial charge on any atom is 1.00 e. The molecule has 0 radical (unpaired) electrons. The Balaban J connectivity index is 0.00000253. The van der Waals surface area contributed by atoms with Gasteiger partial charge in [-0.2, -0.15) is 8.42 Å². The summed E-state index contributed by atoms with van der Waals surface area (Å²) < 4.78 is 102. The molecule has 4 rings (SSSR count). The average Bonchev–Trinajstić information content (AvgIpc) is 2.76. The molecular weight excluding hydrogens is 609 g/mol. The number of rotatable bonds is 5. The molecule has 0 bridgehead atoms. The minimum atomic E-state index is -5.32. The zero-order valence-electron chi connectivity index (χ0n) is 20.4. The summed E-state index contributed by atoms with van der Waals surface area (Å²) in [5.41, 5.74) is -0.973. The molecule has 13 nitrogen and oxygen atoms in total. The van der Waals surface area contributed by atoms with Crippen LogP contribution in [0.3, 0.4) is 0 Å². The quantitative estimate of drug-likeness (QED) is 0.108. The van der Waals surface area contributed by atoms with Gasteiger partial charge in [0.15, 0.2) is 5.75 Å². The molecule has 19 heteroatoms. The summed E-state index contributed by atoms with van der Waals surface area (Å²) in [6.45, 7) is 0. The normalized spacial score (nSPS) is 12.1. The molecule has 0 spiro atoms. The van der Waals surface area contributed by atoms with E-state index in [1.807, 2.05) is 0 Å². The van der Waals surface area contributed by atoms with Gasteiger partial charge in [0.1, 0.15) is 42.3 Å². The fourth-order valence-corrected chi connectivity index (χ4v) is 5.34. The fraction of sp³-hybridized carbons (Fsp3) is 0. The van der Waals surface area contributed by atoms with Crippen LogP contribution in [0.2, 0.25) is 0 Å². The number of phenolic OH excluding ortho intramolecular Hbond substituents is 2. The number of phenols is 2. The molecule has 4 aromatic rings. The molecule has 0 heterocycles. The Morgan fingerprint density at radius 2 is 1.21 bits per heavy atom. The third kappa shape index (κ3) is 7.59. The number of hydrogen-bond donors (Lipinski definition) is 3. The first kappa shape index (κ1) is 36.4. The predicted octanol–water partition coefficient (Wildman–Crippen LogP) is -6.11. The molecule has 188 valence electrons. The van der Waals surface area contributed by atoms with Crippen molar-refractivity contribution in [2.45, 2.75) is 14.7 Å². The summed E-state index contributed by atoms with van der Waals surface area (Å²) >= 11 is 0. The number of nitrogens with zero attached hydrogens (tertiary/aromatic N) is 2. The second kappa shape index (κ2) is 13.1. The van der Waals surface area contributed by atoms with Gasteiger partial charge in [0.05, 0.1) is 9.79 Å². The van der Waals surface area contributed by atoms with Gasteiger partial charge in [-0.25, -0.2) is 16.8 Å². The van der Waals surface area contributed by atoms with Crippen molar-refractivity contribution in [2.75, 3.05) is 0 Å². The van der Waals surface area contributed by atoms with Gasteiger partial charge in [-0.05, 0) is 23.6 Å². The third-order valence-electron chi connectivity index (χ3n) is 5.07. The van der Waals surface area contributed by atoms with Gasteiger partial charge in [0.2, 0.25) is 0 Å². The van der Waals surface area contributed by atoms with Crippen LogP contribution in [0.5, 0.6) is 11.5 Å². The van der Waals surface area contributed by atoms with Crippen molar-refractivity contribution in [1.29, 1.82) is 0 Å². The van der Waals surface area contributed by atoms with Gasteiger partial charge in [-0.1, -0.05) is 30.3 Å². The van der Waals surface area contributed by atoms with E-state index in [1.165, 1.54) is 24.3 Å². The molecule has 0 aliphatic heterocycles. The molecule has 0 fully saturated rings. The van der Waals surface area contributed by atoms with Crippen LogP contribution in [-0.4, -0.2) is 49.1 Å². The molecular formula is C20H12N2Na3O11S3+. The van der Waals surface area contributed by atoms with E-state index in [-0.39, 0.29) is 116 Å². The van der Waals surface area contributed by atoms with Gasteiger partial charge < -0.3 is 19.3 Å². The Labute approximate surface area is 288 Å². The topological polar surface area (TPSA) is 234 Å². The Morgan fingerprint density at radius 3 is 1.74 bits per heavy atom. The fourth-order valence-electron chi connectivity index (χ4n) is 3.51. The van der Waals surface area contributed by atoms with Gasteiger partial charge in [0.25, 0.3) is 10.1 Å². The number of azo groups is 1. The molecule has 4 aromatic carbocycles. The summed E-state index contributed by atoms with van der Waals surface area (Å²) in [7, 11) is -15.0. The zero-order chi connectivity index (χ0) is 26.6. The Bertz CT molecular complexity index is 1950.